The van der Waals surface area contributed by atoms with Crippen molar-refractivity contribution in [2.45, 2.75) is 13.3 Å². The van der Waals surface area contributed by atoms with Crippen molar-refractivity contribution in [1.82, 2.24) is 0 Å². The van der Waals surface area contributed by atoms with Gasteiger partial charge >= 0.3 is 5.97 Å². The van der Waals surface area contributed by atoms with Crippen LogP contribution < -0.4 is 0 Å². The second-order valence-electron chi connectivity index (χ2n) is 3.17. The van der Waals surface area contributed by atoms with E-state index < -0.39 is 0 Å². The van der Waals surface area contributed by atoms with Crippen molar-refractivity contribution in [3.8, 4) is 0 Å². The molecule has 16 heavy (non-hydrogen) atoms. The van der Waals surface area contributed by atoms with Gasteiger partial charge in [0.1, 0.15) is 0 Å². The molecule has 86 valence electrons. The van der Waals surface area contributed by atoms with E-state index in [-0.39, 0.29) is 5.97 Å². The van der Waals surface area contributed by atoms with Gasteiger partial charge in [-0.1, -0.05) is 30.1 Å². The third-order valence-corrected chi connectivity index (χ3v) is 2.38. The monoisotopic (exact) mass is 258 g/mol. The lowest BCUT2D eigenvalue weighted by Gasteiger charge is -2.00. The maximum atomic E-state index is 11.2. The minimum atomic E-state index is -0.377. The van der Waals surface area contributed by atoms with Gasteiger partial charge in [0, 0.05) is 16.1 Å². The maximum Gasteiger partial charge on any atom is 0.330 e. The highest BCUT2D eigenvalue weighted by Gasteiger charge is 1.99. The zero-order valence-corrected chi connectivity index (χ0v) is 10.4. The standard InChI is InChI=1S/C12H12Cl2O2/c1-2-7-16-12(15)6-3-9-8-10(13)4-5-11(9)14/h3-6,8H,2,7H2,1H3. The average molecular weight is 259 g/mol. The number of carbonyl (C=O) groups excluding carboxylic acids is 1. The fraction of sp³-hybridized carbons (Fsp3) is 0.250. The second kappa shape index (κ2) is 6.56. The second-order valence-corrected chi connectivity index (χ2v) is 4.01. The first-order valence-electron chi connectivity index (χ1n) is 4.93. The van der Waals surface area contributed by atoms with Crippen LogP contribution in [0.2, 0.25) is 10.0 Å². The third kappa shape index (κ3) is 4.25. The van der Waals surface area contributed by atoms with E-state index in [4.69, 9.17) is 27.9 Å². The summed E-state index contributed by atoms with van der Waals surface area (Å²) < 4.78 is 4.88. The Hall–Kier alpha value is -0.990. The summed E-state index contributed by atoms with van der Waals surface area (Å²) in [6.45, 7) is 2.36. The molecule has 2 nitrogen and oxygen atoms in total. The molecule has 0 fully saturated rings. The van der Waals surface area contributed by atoms with Crippen LogP contribution in [0.1, 0.15) is 18.9 Å². The van der Waals surface area contributed by atoms with Crippen molar-refractivity contribution in [2.24, 2.45) is 0 Å². The molecule has 0 saturated heterocycles. The first-order chi connectivity index (χ1) is 7.63. The first kappa shape index (κ1) is 13.1. The fourth-order valence-electron chi connectivity index (χ4n) is 1.05. The van der Waals surface area contributed by atoms with Gasteiger partial charge in [0.25, 0.3) is 0 Å². The van der Waals surface area contributed by atoms with Gasteiger partial charge in [0.15, 0.2) is 0 Å². The van der Waals surface area contributed by atoms with E-state index in [2.05, 4.69) is 0 Å². The Morgan fingerprint density at radius 3 is 2.88 bits per heavy atom. The molecule has 1 aromatic rings. The van der Waals surface area contributed by atoms with Gasteiger partial charge in [-0.25, -0.2) is 4.79 Å². The summed E-state index contributed by atoms with van der Waals surface area (Å²) in [5.41, 5.74) is 0.697. The Morgan fingerprint density at radius 2 is 2.19 bits per heavy atom. The van der Waals surface area contributed by atoms with Gasteiger partial charge in [0.2, 0.25) is 0 Å². The Balaban J connectivity index is 2.68. The molecule has 0 radical (unpaired) electrons. The van der Waals surface area contributed by atoms with Crippen LogP contribution in [0.4, 0.5) is 0 Å². The molecule has 0 aromatic heterocycles. The van der Waals surface area contributed by atoms with Crippen molar-refractivity contribution in [2.75, 3.05) is 6.61 Å². The van der Waals surface area contributed by atoms with Gasteiger partial charge in [0.05, 0.1) is 6.61 Å². The number of benzene rings is 1. The molecule has 0 saturated carbocycles. The van der Waals surface area contributed by atoms with Crippen molar-refractivity contribution in [3.05, 3.63) is 39.9 Å². The number of esters is 1. The molecule has 0 heterocycles. The van der Waals surface area contributed by atoms with Gasteiger partial charge in [-0.15, -0.1) is 0 Å². The lowest BCUT2D eigenvalue weighted by atomic mass is 10.2. The quantitative estimate of drug-likeness (QED) is 0.604. The van der Waals surface area contributed by atoms with Crippen LogP contribution in [-0.4, -0.2) is 12.6 Å². The van der Waals surface area contributed by atoms with E-state index in [1.807, 2.05) is 6.92 Å². The van der Waals surface area contributed by atoms with Crippen LogP contribution in [0.5, 0.6) is 0 Å². The van der Waals surface area contributed by atoms with Crippen molar-refractivity contribution in [3.63, 3.8) is 0 Å². The summed E-state index contributed by atoms with van der Waals surface area (Å²) in [6, 6.07) is 5.06. The van der Waals surface area contributed by atoms with Gasteiger partial charge in [-0.05, 0) is 36.3 Å². The molecule has 0 bridgehead atoms. The molecule has 0 aliphatic rings. The number of hydrogen-bond donors (Lipinski definition) is 0. The average Bonchev–Trinajstić information content (AvgIpc) is 2.27. The van der Waals surface area contributed by atoms with E-state index in [0.29, 0.717) is 22.2 Å². The molecule has 1 rings (SSSR count). The van der Waals surface area contributed by atoms with Crippen LogP contribution in [-0.2, 0) is 9.53 Å². The summed E-state index contributed by atoms with van der Waals surface area (Å²) in [4.78, 5) is 11.2. The Morgan fingerprint density at radius 1 is 1.44 bits per heavy atom. The highest BCUT2D eigenvalue weighted by atomic mass is 35.5. The van der Waals surface area contributed by atoms with E-state index in [1.54, 1.807) is 24.3 Å². The molecule has 0 aliphatic heterocycles. The summed E-state index contributed by atoms with van der Waals surface area (Å²) >= 11 is 11.7. The van der Waals surface area contributed by atoms with Crippen molar-refractivity contribution < 1.29 is 9.53 Å². The van der Waals surface area contributed by atoms with E-state index in [0.717, 1.165) is 6.42 Å². The molecule has 0 unspecified atom stereocenters. The minimum Gasteiger partial charge on any atom is -0.463 e. The van der Waals surface area contributed by atoms with Crippen LogP contribution in [0, 0.1) is 0 Å². The van der Waals surface area contributed by atoms with Crippen LogP contribution in [0.25, 0.3) is 6.08 Å². The smallest absolute Gasteiger partial charge is 0.330 e. The summed E-state index contributed by atoms with van der Waals surface area (Å²) in [5.74, 6) is -0.377. The number of carbonyl (C=O) groups is 1. The van der Waals surface area contributed by atoms with E-state index >= 15 is 0 Å². The summed E-state index contributed by atoms with van der Waals surface area (Å²) in [5, 5.41) is 1.12. The van der Waals surface area contributed by atoms with Crippen molar-refractivity contribution >= 4 is 35.2 Å². The number of ether oxygens (including phenoxy) is 1. The Kier molecular flexibility index (Phi) is 5.36. The molecule has 4 heteroatoms. The predicted octanol–water partition coefficient (Wildman–Crippen LogP) is 3.96. The highest BCUT2D eigenvalue weighted by molar-refractivity contribution is 6.34. The van der Waals surface area contributed by atoms with E-state index in [9.17, 15) is 4.79 Å². The van der Waals surface area contributed by atoms with Crippen LogP contribution in [0.3, 0.4) is 0 Å². The molecule has 0 amide bonds. The van der Waals surface area contributed by atoms with Gasteiger partial charge in [-0.2, -0.15) is 0 Å². The zero-order valence-electron chi connectivity index (χ0n) is 8.87. The minimum absolute atomic E-state index is 0.377. The van der Waals surface area contributed by atoms with Gasteiger partial charge < -0.3 is 4.74 Å². The lowest BCUT2D eigenvalue weighted by molar-refractivity contribution is -0.137. The number of hydrogen-bond acceptors (Lipinski definition) is 2. The van der Waals surface area contributed by atoms with Crippen LogP contribution in [0.15, 0.2) is 24.3 Å². The zero-order chi connectivity index (χ0) is 12.0. The molecule has 0 atom stereocenters. The Labute approximate surface area is 105 Å². The number of halogens is 2. The molecular formula is C12H12Cl2O2. The number of rotatable bonds is 4. The Bertz CT molecular complexity index is 400. The largest absolute Gasteiger partial charge is 0.463 e. The molecule has 0 aliphatic carbocycles. The normalized spacial score (nSPS) is 10.7. The molecule has 0 spiro atoms. The molecule has 1 aromatic carbocycles. The summed E-state index contributed by atoms with van der Waals surface area (Å²) in [7, 11) is 0. The lowest BCUT2D eigenvalue weighted by Crippen LogP contribution is -2.00. The van der Waals surface area contributed by atoms with E-state index in [1.165, 1.54) is 6.08 Å². The third-order valence-electron chi connectivity index (χ3n) is 1.81. The molecular weight excluding hydrogens is 247 g/mol. The van der Waals surface area contributed by atoms with Crippen molar-refractivity contribution in [1.29, 1.82) is 0 Å². The highest BCUT2D eigenvalue weighted by Crippen LogP contribution is 2.21. The van der Waals surface area contributed by atoms with Gasteiger partial charge in [-0.3, -0.25) is 0 Å². The first-order valence-corrected chi connectivity index (χ1v) is 5.69. The topological polar surface area (TPSA) is 26.3 Å². The van der Waals surface area contributed by atoms with Crippen LogP contribution >= 0.6 is 23.2 Å². The summed E-state index contributed by atoms with van der Waals surface area (Å²) in [6.07, 6.45) is 3.73. The predicted molar refractivity (Wildman–Crippen MR) is 66.7 cm³/mol. The fourth-order valence-corrected chi connectivity index (χ4v) is 1.41. The molecule has 0 N–H and O–H groups in total. The maximum absolute atomic E-state index is 11.2. The SMILES string of the molecule is CCCOC(=O)C=Cc1cc(Cl)ccc1Cl.